The van der Waals surface area contributed by atoms with Gasteiger partial charge in [0, 0.05) is 6.54 Å². The van der Waals surface area contributed by atoms with Crippen LogP contribution in [0.3, 0.4) is 0 Å². The zero-order valence-corrected chi connectivity index (χ0v) is 12.2. The van der Waals surface area contributed by atoms with Gasteiger partial charge in [-0.05, 0) is 43.4 Å². The largest absolute Gasteiger partial charge is 0.389 e. The molecule has 1 amide bonds. The molecule has 2 fully saturated rings. The zero-order valence-electron chi connectivity index (χ0n) is 12.2. The van der Waals surface area contributed by atoms with Crippen LogP contribution in [0, 0.1) is 5.82 Å². The number of rotatable bonds is 3. The molecule has 1 saturated heterocycles. The number of hydrogen-bond acceptors (Lipinski definition) is 2. The van der Waals surface area contributed by atoms with Gasteiger partial charge in [-0.1, -0.05) is 25.0 Å². The Morgan fingerprint density at radius 3 is 2.57 bits per heavy atom. The second-order valence-corrected chi connectivity index (χ2v) is 6.40. The van der Waals surface area contributed by atoms with Crippen LogP contribution < -0.4 is 0 Å². The van der Waals surface area contributed by atoms with Crippen LogP contribution in [0.5, 0.6) is 0 Å². The Labute approximate surface area is 124 Å². The normalized spacial score (nSPS) is 24.5. The van der Waals surface area contributed by atoms with E-state index in [0.29, 0.717) is 0 Å². The maximum absolute atomic E-state index is 13.0. The molecule has 0 radical (unpaired) electrons. The summed E-state index contributed by atoms with van der Waals surface area (Å²) >= 11 is 0. The third-order valence-corrected chi connectivity index (χ3v) is 4.84. The van der Waals surface area contributed by atoms with Crippen molar-refractivity contribution in [1.29, 1.82) is 0 Å². The van der Waals surface area contributed by atoms with Crippen molar-refractivity contribution in [2.24, 2.45) is 0 Å². The molecule has 0 bridgehead atoms. The van der Waals surface area contributed by atoms with Gasteiger partial charge in [0.15, 0.2) is 0 Å². The monoisotopic (exact) mass is 291 g/mol. The van der Waals surface area contributed by atoms with Crippen LogP contribution in [0.4, 0.5) is 4.39 Å². The summed E-state index contributed by atoms with van der Waals surface area (Å²) in [4.78, 5) is 14.4. The molecule has 1 N–H and O–H groups in total. The summed E-state index contributed by atoms with van der Waals surface area (Å²) in [5, 5.41) is 10.4. The van der Waals surface area contributed by atoms with Crippen molar-refractivity contribution in [3.05, 3.63) is 35.6 Å². The van der Waals surface area contributed by atoms with Gasteiger partial charge in [-0.25, -0.2) is 4.39 Å². The van der Waals surface area contributed by atoms with Crippen molar-refractivity contribution >= 4 is 5.91 Å². The minimum atomic E-state index is -0.799. The van der Waals surface area contributed by atoms with Gasteiger partial charge in [0.1, 0.15) is 5.82 Å². The molecule has 2 aliphatic rings. The lowest BCUT2D eigenvalue weighted by atomic mass is 9.96. The van der Waals surface area contributed by atoms with E-state index in [9.17, 15) is 14.3 Å². The van der Waals surface area contributed by atoms with Gasteiger partial charge >= 0.3 is 0 Å². The van der Waals surface area contributed by atoms with Crippen molar-refractivity contribution in [1.82, 2.24) is 4.90 Å². The van der Waals surface area contributed by atoms with Crippen molar-refractivity contribution in [3.63, 3.8) is 0 Å². The molecule has 1 unspecified atom stereocenters. The van der Waals surface area contributed by atoms with E-state index in [1.54, 1.807) is 12.1 Å². The second kappa shape index (κ2) is 5.76. The average Bonchev–Trinajstić information content (AvgIpc) is 3.08. The topological polar surface area (TPSA) is 40.5 Å². The van der Waals surface area contributed by atoms with Crippen LogP contribution in [0.2, 0.25) is 0 Å². The van der Waals surface area contributed by atoms with E-state index in [4.69, 9.17) is 0 Å². The van der Waals surface area contributed by atoms with Crippen LogP contribution in [0.1, 0.15) is 56.6 Å². The number of carbonyl (C=O) groups is 1. The summed E-state index contributed by atoms with van der Waals surface area (Å²) in [7, 11) is 0. The number of hydrogen-bond donors (Lipinski definition) is 1. The van der Waals surface area contributed by atoms with Crippen molar-refractivity contribution < 1.29 is 14.3 Å². The third-order valence-electron chi connectivity index (χ3n) is 4.84. The van der Waals surface area contributed by atoms with E-state index in [1.807, 2.05) is 4.90 Å². The van der Waals surface area contributed by atoms with Crippen molar-refractivity contribution in [2.45, 2.75) is 56.6 Å². The lowest BCUT2D eigenvalue weighted by Crippen LogP contribution is -2.37. The Morgan fingerprint density at radius 1 is 1.24 bits per heavy atom. The molecule has 4 heteroatoms. The number of amides is 1. The predicted octanol–water partition coefficient (Wildman–Crippen LogP) is 3.18. The first-order valence-corrected chi connectivity index (χ1v) is 7.85. The van der Waals surface area contributed by atoms with Crippen LogP contribution in [-0.2, 0) is 4.79 Å². The summed E-state index contributed by atoms with van der Waals surface area (Å²) in [6.07, 6.45) is 5.57. The average molecular weight is 291 g/mol. The highest BCUT2D eigenvalue weighted by Crippen LogP contribution is 2.37. The molecule has 1 heterocycles. The SMILES string of the molecule is O=C(CC1(O)CCCC1)N1CCCC1c1ccc(F)cc1. The van der Waals surface area contributed by atoms with E-state index in [2.05, 4.69) is 0 Å². The van der Waals surface area contributed by atoms with E-state index in [-0.39, 0.29) is 24.2 Å². The number of aliphatic hydroxyl groups is 1. The highest BCUT2D eigenvalue weighted by Gasteiger charge is 2.37. The number of carbonyl (C=O) groups excluding carboxylic acids is 1. The maximum atomic E-state index is 13.0. The number of benzene rings is 1. The van der Waals surface area contributed by atoms with Crippen LogP contribution in [0.25, 0.3) is 0 Å². The first-order chi connectivity index (χ1) is 10.1. The molecule has 1 atom stereocenters. The second-order valence-electron chi connectivity index (χ2n) is 6.40. The predicted molar refractivity (Wildman–Crippen MR) is 78.1 cm³/mol. The van der Waals surface area contributed by atoms with Gasteiger partial charge in [0.25, 0.3) is 0 Å². The molecule has 1 saturated carbocycles. The highest BCUT2D eigenvalue weighted by molar-refractivity contribution is 5.78. The molecule has 3 rings (SSSR count). The molecule has 3 nitrogen and oxygen atoms in total. The van der Waals surface area contributed by atoms with Gasteiger partial charge in [0.05, 0.1) is 18.1 Å². The first kappa shape index (κ1) is 14.5. The number of likely N-dealkylation sites (tertiary alicyclic amines) is 1. The third kappa shape index (κ3) is 3.10. The lowest BCUT2D eigenvalue weighted by molar-refractivity contribution is -0.137. The van der Waals surface area contributed by atoms with Gasteiger partial charge < -0.3 is 10.0 Å². The molecule has 0 aromatic heterocycles. The maximum Gasteiger partial charge on any atom is 0.225 e. The van der Waals surface area contributed by atoms with E-state index in [0.717, 1.165) is 50.6 Å². The van der Waals surface area contributed by atoms with Crippen LogP contribution in [0.15, 0.2) is 24.3 Å². The molecule has 0 spiro atoms. The fraction of sp³-hybridized carbons (Fsp3) is 0.588. The molecular formula is C17H22FNO2. The minimum Gasteiger partial charge on any atom is -0.389 e. The quantitative estimate of drug-likeness (QED) is 0.929. The van der Waals surface area contributed by atoms with Gasteiger partial charge in [-0.3, -0.25) is 4.79 Å². The summed E-state index contributed by atoms with van der Waals surface area (Å²) in [6, 6.07) is 6.44. The van der Waals surface area contributed by atoms with Crippen LogP contribution >= 0.6 is 0 Å². The Balaban J connectivity index is 1.71. The smallest absolute Gasteiger partial charge is 0.225 e. The number of nitrogens with zero attached hydrogens (tertiary/aromatic N) is 1. The summed E-state index contributed by atoms with van der Waals surface area (Å²) in [5.74, 6) is -0.221. The molecule has 1 aromatic rings. The standard InChI is InChI=1S/C17H22FNO2/c18-14-7-5-13(6-8-14)15-4-3-11-19(15)16(20)12-17(21)9-1-2-10-17/h5-8,15,21H,1-4,9-12H2. The first-order valence-electron chi connectivity index (χ1n) is 7.85. The Kier molecular flexibility index (Phi) is 3.98. The lowest BCUT2D eigenvalue weighted by Gasteiger charge is -2.29. The van der Waals surface area contributed by atoms with Crippen molar-refractivity contribution in [3.8, 4) is 0 Å². The van der Waals surface area contributed by atoms with Gasteiger partial charge in [-0.2, -0.15) is 0 Å². The van der Waals surface area contributed by atoms with E-state index in [1.165, 1.54) is 12.1 Å². The van der Waals surface area contributed by atoms with E-state index >= 15 is 0 Å². The summed E-state index contributed by atoms with van der Waals surface area (Å²) in [6.45, 7) is 0.733. The molecule has 21 heavy (non-hydrogen) atoms. The molecule has 1 aliphatic heterocycles. The summed E-state index contributed by atoms with van der Waals surface area (Å²) < 4.78 is 13.0. The highest BCUT2D eigenvalue weighted by atomic mass is 19.1. The van der Waals surface area contributed by atoms with E-state index < -0.39 is 5.60 Å². The minimum absolute atomic E-state index is 0.0307. The van der Waals surface area contributed by atoms with Gasteiger partial charge in [0.2, 0.25) is 5.91 Å². The Hall–Kier alpha value is -1.42. The Bertz CT molecular complexity index is 508. The zero-order chi connectivity index (χ0) is 14.9. The number of halogens is 1. The fourth-order valence-electron chi connectivity index (χ4n) is 3.69. The molecule has 1 aliphatic carbocycles. The molecule has 114 valence electrons. The molecular weight excluding hydrogens is 269 g/mol. The van der Waals surface area contributed by atoms with Crippen molar-refractivity contribution in [2.75, 3.05) is 6.54 Å². The van der Waals surface area contributed by atoms with Crippen LogP contribution in [-0.4, -0.2) is 28.1 Å². The Morgan fingerprint density at radius 2 is 1.90 bits per heavy atom. The van der Waals surface area contributed by atoms with Gasteiger partial charge in [-0.15, -0.1) is 0 Å². The fourth-order valence-corrected chi connectivity index (χ4v) is 3.69. The molecule has 1 aromatic carbocycles. The summed E-state index contributed by atoms with van der Waals surface area (Å²) in [5.41, 5.74) is 0.188.